The lowest BCUT2D eigenvalue weighted by molar-refractivity contribution is 0.189. The Hall–Kier alpha value is -1.26. The van der Waals surface area contributed by atoms with E-state index in [0.717, 1.165) is 38.5 Å². The maximum atomic E-state index is 8.93. The van der Waals surface area contributed by atoms with Crippen molar-refractivity contribution in [2.24, 2.45) is 0 Å². The van der Waals surface area contributed by atoms with E-state index in [0.29, 0.717) is 0 Å². The second-order valence-electron chi connectivity index (χ2n) is 4.71. The summed E-state index contributed by atoms with van der Waals surface area (Å²) in [4.78, 5) is 4.66. The number of aliphatic hydroxyl groups excluding tert-OH is 1. The number of hydrogen-bond donors (Lipinski definition) is 1. The molecule has 4 heteroatoms. The van der Waals surface area contributed by atoms with Gasteiger partial charge < -0.3 is 14.7 Å². The van der Waals surface area contributed by atoms with Crippen molar-refractivity contribution < 1.29 is 9.84 Å². The van der Waals surface area contributed by atoms with Crippen LogP contribution in [-0.4, -0.2) is 56.4 Å². The maximum Gasteiger partial charge on any atom is 0.123 e. The molecule has 0 radical (unpaired) electrons. The average Bonchev–Trinajstić information content (AvgIpc) is 2.41. The van der Waals surface area contributed by atoms with Crippen LogP contribution in [0.5, 0.6) is 5.75 Å². The molecular weight excluding hydrogens is 228 g/mol. The molecule has 0 unspecified atom stereocenters. The quantitative estimate of drug-likeness (QED) is 0.868. The topological polar surface area (TPSA) is 35.9 Å². The summed E-state index contributed by atoms with van der Waals surface area (Å²) >= 11 is 0. The average molecular weight is 250 g/mol. The van der Waals surface area contributed by atoms with Gasteiger partial charge in [0.05, 0.1) is 13.7 Å². The van der Waals surface area contributed by atoms with Crippen LogP contribution >= 0.6 is 0 Å². The molecule has 0 spiro atoms. The summed E-state index contributed by atoms with van der Waals surface area (Å²) in [5.41, 5.74) is 2.39. The maximum absolute atomic E-state index is 8.93. The van der Waals surface area contributed by atoms with E-state index in [2.05, 4.69) is 34.9 Å². The van der Waals surface area contributed by atoms with Gasteiger partial charge in [0.15, 0.2) is 0 Å². The highest BCUT2D eigenvalue weighted by Crippen LogP contribution is 2.25. The number of ether oxygens (including phenoxy) is 1. The molecule has 0 saturated carbocycles. The monoisotopic (exact) mass is 250 g/mol. The Morgan fingerprint density at radius 1 is 1.22 bits per heavy atom. The summed E-state index contributed by atoms with van der Waals surface area (Å²) in [7, 11) is 1.71. The first-order valence-corrected chi connectivity index (χ1v) is 6.47. The fourth-order valence-electron chi connectivity index (χ4n) is 2.38. The number of β-amino-alcohol motifs (C(OH)–C–C–N with tert-alkyl or cyclic N) is 1. The molecule has 1 aliphatic rings. The highest BCUT2D eigenvalue weighted by molar-refractivity contribution is 5.53. The Kier molecular flexibility index (Phi) is 4.44. The number of aryl methyl sites for hydroxylation is 1. The van der Waals surface area contributed by atoms with E-state index in [1.165, 1.54) is 11.3 Å². The smallest absolute Gasteiger partial charge is 0.123 e. The standard InChI is InChI=1S/C14H22N2O2/c1-12-3-4-13(11-14(12)18-2)16-7-5-15(6-8-16)9-10-17/h3-4,11,17H,5-10H2,1-2H3. The van der Waals surface area contributed by atoms with Crippen molar-refractivity contribution in [1.29, 1.82) is 0 Å². The van der Waals surface area contributed by atoms with Crippen molar-refractivity contribution >= 4 is 5.69 Å². The van der Waals surface area contributed by atoms with E-state index >= 15 is 0 Å². The highest BCUT2D eigenvalue weighted by Gasteiger charge is 2.17. The number of methoxy groups -OCH3 is 1. The van der Waals surface area contributed by atoms with Crippen LogP contribution in [0.4, 0.5) is 5.69 Å². The fourth-order valence-corrected chi connectivity index (χ4v) is 2.38. The zero-order chi connectivity index (χ0) is 13.0. The summed E-state index contributed by atoms with van der Waals surface area (Å²) < 4.78 is 5.37. The van der Waals surface area contributed by atoms with Gasteiger partial charge in [-0.1, -0.05) is 6.07 Å². The Labute approximate surface area is 109 Å². The molecule has 1 aromatic rings. The van der Waals surface area contributed by atoms with Gasteiger partial charge in [-0.3, -0.25) is 4.90 Å². The number of aliphatic hydroxyl groups is 1. The molecule has 4 nitrogen and oxygen atoms in total. The number of benzene rings is 1. The third-order valence-electron chi connectivity index (χ3n) is 3.55. The van der Waals surface area contributed by atoms with E-state index in [-0.39, 0.29) is 6.61 Å². The minimum absolute atomic E-state index is 0.248. The van der Waals surface area contributed by atoms with Crippen molar-refractivity contribution in [3.8, 4) is 5.75 Å². The number of nitrogens with zero attached hydrogens (tertiary/aromatic N) is 2. The van der Waals surface area contributed by atoms with Gasteiger partial charge in [-0.2, -0.15) is 0 Å². The predicted octanol–water partition coefficient (Wildman–Crippen LogP) is 1.12. The third-order valence-corrected chi connectivity index (χ3v) is 3.55. The van der Waals surface area contributed by atoms with Crippen molar-refractivity contribution in [3.63, 3.8) is 0 Å². The molecule has 0 aliphatic carbocycles. The van der Waals surface area contributed by atoms with Gasteiger partial charge in [-0.25, -0.2) is 0 Å². The molecular formula is C14H22N2O2. The molecule has 1 aliphatic heterocycles. The van der Waals surface area contributed by atoms with Gasteiger partial charge in [0.25, 0.3) is 0 Å². The lowest BCUT2D eigenvalue weighted by atomic mass is 10.1. The van der Waals surface area contributed by atoms with Gasteiger partial charge in [0, 0.05) is 44.5 Å². The summed E-state index contributed by atoms with van der Waals surface area (Å²) in [6, 6.07) is 6.37. The lowest BCUT2D eigenvalue weighted by Crippen LogP contribution is -2.47. The van der Waals surface area contributed by atoms with Crippen LogP contribution in [0.25, 0.3) is 0 Å². The molecule has 0 atom stereocenters. The molecule has 1 fully saturated rings. The predicted molar refractivity (Wildman–Crippen MR) is 73.5 cm³/mol. The van der Waals surface area contributed by atoms with Gasteiger partial charge in [0.2, 0.25) is 0 Å². The molecule has 1 N–H and O–H groups in total. The first kappa shape index (κ1) is 13.2. The Bertz CT molecular complexity index is 387. The molecule has 0 aromatic heterocycles. The van der Waals surface area contributed by atoms with Crippen LogP contribution < -0.4 is 9.64 Å². The van der Waals surface area contributed by atoms with Gasteiger partial charge >= 0.3 is 0 Å². The van der Waals surface area contributed by atoms with E-state index < -0.39 is 0 Å². The number of anilines is 1. The van der Waals surface area contributed by atoms with Gasteiger partial charge in [0.1, 0.15) is 5.75 Å². The Balaban J connectivity index is 2.01. The second-order valence-corrected chi connectivity index (χ2v) is 4.71. The number of piperazine rings is 1. The van der Waals surface area contributed by atoms with Crippen LogP contribution in [0.1, 0.15) is 5.56 Å². The number of hydrogen-bond acceptors (Lipinski definition) is 4. The van der Waals surface area contributed by atoms with Crippen LogP contribution in [0.2, 0.25) is 0 Å². The fraction of sp³-hybridized carbons (Fsp3) is 0.571. The Morgan fingerprint density at radius 2 is 1.94 bits per heavy atom. The van der Waals surface area contributed by atoms with Crippen molar-refractivity contribution in [2.75, 3.05) is 51.3 Å². The van der Waals surface area contributed by atoms with Crippen molar-refractivity contribution in [2.45, 2.75) is 6.92 Å². The second kappa shape index (κ2) is 6.07. The van der Waals surface area contributed by atoms with Gasteiger partial charge in [-0.05, 0) is 18.6 Å². The van der Waals surface area contributed by atoms with Crippen LogP contribution in [-0.2, 0) is 0 Å². The summed E-state index contributed by atoms with van der Waals surface area (Å²) in [6.45, 7) is 7.12. The third kappa shape index (κ3) is 2.94. The molecule has 100 valence electrons. The summed E-state index contributed by atoms with van der Waals surface area (Å²) in [5.74, 6) is 0.949. The Morgan fingerprint density at radius 3 is 2.56 bits per heavy atom. The van der Waals surface area contributed by atoms with Gasteiger partial charge in [-0.15, -0.1) is 0 Å². The summed E-state index contributed by atoms with van der Waals surface area (Å²) in [5, 5.41) is 8.93. The minimum atomic E-state index is 0.248. The molecule has 1 aromatic carbocycles. The lowest BCUT2D eigenvalue weighted by Gasteiger charge is -2.36. The van der Waals surface area contributed by atoms with Crippen molar-refractivity contribution in [1.82, 2.24) is 4.90 Å². The normalized spacial score (nSPS) is 16.9. The SMILES string of the molecule is COc1cc(N2CCN(CCO)CC2)ccc1C. The van der Waals surface area contributed by atoms with Crippen LogP contribution in [0.3, 0.4) is 0 Å². The molecule has 18 heavy (non-hydrogen) atoms. The summed E-state index contributed by atoms with van der Waals surface area (Å²) in [6.07, 6.45) is 0. The molecule has 1 saturated heterocycles. The zero-order valence-electron chi connectivity index (χ0n) is 11.2. The molecule has 0 amide bonds. The molecule has 2 rings (SSSR count). The first-order chi connectivity index (χ1) is 8.74. The van der Waals surface area contributed by atoms with E-state index in [1.54, 1.807) is 7.11 Å². The van der Waals surface area contributed by atoms with E-state index in [9.17, 15) is 0 Å². The molecule has 0 bridgehead atoms. The van der Waals surface area contributed by atoms with Crippen LogP contribution in [0.15, 0.2) is 18.2 Å². The first-order valence-electron chi connectivity index (χ1n) is 6.47. The van der Waals surface area contributed by atoms with Crippen molar-refractivity contribution in [3.05, 3.63) is 23.8 Å². The van der Waals surface area contributed by atoms with Crippen LogP contribution in [0, 0.1) is 6.92 Å². The molecule has 1 heterocycles. The minimum Gasteiger partial charge on any atom is -0.496 e. The van der Waals surface area contributed by atoms with E-state index in [4.69, 9.17) is 9.84 Å². The zero-order valence-corrected chi connectivity index (χ0v) is 11.2. The largest absolute Gasteiger partial charge is 0.496 e. The van der Waals surface area contributed by atoms with E-state index in [1.807, 2.05) is 0 Å². The number of rotatable bonds is 4. The highest BCUT2D eigenvalue weighted by atomic mass is 16.5.